The Labute approximate surface area is 192 Å². The second-order valence-corrected chi connectivity index (χ2v) is 7.89. The van der Waals surface area contributed by atoms with Crippen LogP contribution in [0.1, 0.15) is 17.5 Å². The van der Waals surface area contributed by atoms with Crippen LogP contribution in [0.25, 0.3) is 22.9 Å². The van der Waals surface area contributed by atoms with Crippen molar-refractivity contribution in [2.75, 3.05) is 14.2 Å². The first-order valence-corrected chi connectivity index (χ1v) is 10.6. The molecule has 0 radical (unpaired) electrons. The Kier molecular flexibility index (Phi) is 6.45. The van der Waals surface area contributed by atoms with Gasteiger partial charge in [-0.1, -0.05) is 59.6 Å². The van der Waals surface area contributed by atoms with E-state index in [9.17, 15) is 0 Å². The largest absolute Gasteiger partial charge is 0.497 e. The third kappa shape index (κ3) is 4.84. The average molecular weight is 450 g/mol. The highest BCUT2D eigenvalue weighted by Crippen LogP contribution is 2.34. The summed E-state index contributed by atoms with van der Waals surface area (Å²) in [4.78, 5) is 4.70. The zero-order chi connectivity index (χ0) is 21.8. The van der Waals surface area contributed by atoms with Gasteiger partial charge in [-0.3, -0.25) is 4.99 Å². The zero-order valence-electron chi connectivity index (χ0n) is 17.2. The minimum Gasteiger partial charge on any atom is -0.497 e. The first kappa shape index (κ1) is 21.2. The van der Waals surface area contributed by atoms with Gasteiger partial charge < -0.3 is 9.47 Å². The standard InChI is InChI=1S/C26H21Cl2NO2/c1-30-21-11-13-22(26(16-21)31-2)18-6-3-17(4-7-18)5-9-20-10-14-25(29-20)23-12-8-19(27)15-24(23)28/h3-9,11-16H,10H2,1-2H3/b9-5+. The maximum absolute atomic E-state index is 6.31. The van der Waals surface area contributed by atoms with Gasteiger partial charge in [-0.05, 0) is 47.5 Å². The highest BCUT2D eigenvalue weighted by molar-refractivity contribution is 6.35. The Balaban J connectivity index is 1.49. The topological polar surface area (TPSA) is 30.8 Å². The highest BCUT2D eigenvalue weighted by atomic mass is 35.5. The van der Waals surface area contributed by atoms with E-state index in [1.807, 2.05) is 36.4 Å². The van der Waals surface area contributed by atoms with Crippen molar-refractivity contribution in [3.8, 4) is 22.6 Å². The molecule has 0 aliphatic carbocycles. The van der Waals surface area contributed by atoms with E-state index in [2.05, 4.69) is 36.4 Å². The number of halogens is 2. The third-order valence-corrected chi connectivity index (χ3v) is 5.62. The van der Waals surface area contributed by atoms with Crippen LogP contribution >= 0.6 is 23.2 Å². The molecule has 0 aromatic heterocycles. The lowest BCUT2D eigenvalue weighted by molar-refractivity contribution is 0.395. The number of methoxy groups -OCH3 is 2. The molecule has 1 aliphatic rings. The van der Waals surface area contributed by atoms with E-state index >= 15 is 0 Å². The van der Waals surface area contributed by atoms with Gasteiger partial charge in [-0.2, -0.15) is 0 Å². The van der Waals surface area contributed by atoms with Gasteiger partial charge in [0.2, 0.25) is 0 Å². The number of rotatable bonds is 6. The van der Waals surface area contributed by atoms with Crippen LogP contribution in [0.5, 0.6) is 11.5 Å². The van der Waals surface area contributed by atoms with Crippen LogP contribution in [-0.2, 0) is 0 Å². The molecule has 0 spiro atoms. The van der Waals surface area contributed by atoms with Crippen LogP contribution in [0.4, 0.5) is 0 Å². The van der Waals surface area contributed by atoms with E-state index in [4.69, 9.17) is 37.7 Å². The summed E-state index contributed by atoms with van der Waals surface area (Å²) in [7, 11) is 3.31. The lowest BCUT2D eigenvalue weighted by Crippen LogP contribution is -1.90. The van der Waals surface area contributed by atoms with Gasteiger partial charge in [0.05, 0.1) is 24.9 Å². The van der Waals surface area contributed by atoms with Gasteiger partial charge in [-0.25, -0.2) is 0 Å². The van der Waals surface area contributed by atoms with Crippen LogP contribution < -0.4 is 9.47 Å². The molecule has 1 aliphatic heterocycles. The highest BCUT2D eigenvalue weighted by Gasteiger charge is 2.12. The minimum absolute atomic E-state index is 0.609. The summed E-state index contributed by atoms with van der Waals surface area (Å²) in [5, 5.41) is 1.23. The van der Waals surface area contributed by atoms with E-state index in [-0.39, 0.29) is 0 Å². The van der Waals surface area contributed by atoms with Gasteiger partial charge in [0, 0.05) is 34.3 Å². The van der Waals surface area contributed by atoms with Crippen molar-refractivity contribution in [2.24, 2.45) is 4.99 Å². The quantitative estimate of drug-likeness (QED) is 0.388. The first-order chi connectivity index (χ1) is 15.1. The molecule has 0 saturated carbocycles. The first-order valence-electron chi connectivity index (χ1n) is 9.81. The molecule has 1 heterocycles. The van der Waals surface area contributed by atoms with Gasteiger partial charge in [0.15, 0.2) is 0 Å². The third-order valence-electron chi connectivity index (χ3n) is 5.07. The molecule has 0 fully saturated rings. The SMILES string of the molecule is COc1ccc(-c2ccc(/C=C/C3=NC(c4ccc(Cl)cc4Cl)=CC3)cc2)c(OC)c1. The molecule has 5 heteroatoms. The fourth-order valence-electron chi connectivity index (χ4n) is 3.42. The molecule has 0 saturated heterocycles. The molecule has 0 bridgehead atoms. The summed E-state index contributed by atoms with van der Waals surface area (Å²) in [6.07, 6.45) is 6.95. The lowest BCUT2D eigenvalue weighted by atomic mass is 10.0. The van der Waals surface area contributed by atoms with E-state index in [1.54, 1.807) is 20.3 Å². The summed E-state index contributed by atoms with van der Waals surface area (Å²) in [5.41, 5.74) is 5.96. The van der Waals surface area contributed by atoms with Crippen LogP contribution in [-0.4, -0.2) is 19.9 Å². The van der Waals surface area contributed by atoms with Crippen LogP contribution in [0, 0.1) is 0 Å². The molecule has 0 atom stereocenters. The van der Waals surface area contributed by atoms with E-state index in [0.29, 0.717) is 10.0 Å². The van der Waals surface area contributed by atoms with Crippen molar-refractivity contribution in [3.63, 3.8) is 0 Å². The lowest BCUT2D eigenvalue weighted by Gasteiger charge is -2.10. The molecule has 0 amide bonds. The number of ether oxygens (including phenoxy) is 2. The van der Waals surface area contributed by atoms with Gasteiger partial charge >= 0.3 is 0 Å². The molecule has 31 heavy (non-hydrogen) atoms. The molecule has 3 nitrogen and oxygen atoms in total. The Morgan fingerprint density at radius 3 is 2.32 bits per heavy atom. The minimum atomic E-state index is 0.609. The van der Waals surface area contributed by atoms with Crippen LogP contribution in [0.15, 0.2) is 77.8 Å². The van der Waals surface area contributed by atoms with E-state index < -0.39 is 0 Å². The summed E-state index contributed by atoms with van der Waals surface area (Å²) in [6, 6.07) is 19.6. The van der Waals surface area contributed by atoms with Gasteiger partial charge in [0.1, 0.15) is 11.5 Å². The molecule has 0 unspecified atom stereocenters. The summed E-state index contributed by atoms with van der Waals surface area (Å²) in [6.45, 7) is 0. The molecule has 3 aromatic rings. The molecule has 156 valence electrons. The Morgan fingerprint density at radius 2 is 1.61 bits per heavy atom. The van der Waals surface area contributed by atoms with Crippen molar-refractivity contribution in [1.82, 2.24) is 0 Å². The second-order valence-electron chi connectivity index (χ2n) is 7.04. The molecule has 4 rings (SSSR count). The zero-order valence-corrected chi connectivity index (χ0v) is 18.7. The summed E-state index contributed by atoms with van der Waals surface area (Å²) >= 11 is 12.3. The van der Waals surface area contributed by atoms with Crippen LogP contribution in [0.3, 0.4) is 0 Å². The van der Waals surface area contributed by atoms with Crippen molar-refractivity contribution < 1.29 is 9.47 Å². The Hall–Kier alpha value is -3.01. The predicted octanol–water partition coefficient (Wildman–Crippen LogP) is 7.58. The molecule has 0 N–H and O–H groups in total. The number of hydrogen-bond donors (Lipinski definition) is 0. The van der Waals surface area contributed by atoms with E-state index in [1.165, 1.54) is 0 Å². The maximum atomic E-state index is 6.31. The van der Waals surface area contributed by atoms with Gasteiger partial charge in [0.25, 0.3) is 0 Å². The van der Waals surface area contributed by atoms with Crippen LogP contribution in [0.2, 0.25) is 10.0 Å². The monoisotopic (exact) mass is 449 g/mol. The molecular weight excluding hydrogens is 429 g/mol. The van der Waals surface area contributed by atoms with Crippen molar-refractivity contribution >= 4 is 40.7 Å². The van der Waals surface area contributed by atoms with Crippen molar-refractivity contribution in [3.05, 3.63) is 94.0 Å². The summed E-state index contributed by atoms with van der Waals surface area (Å²) < 4.78 is 10.8. The number of hydrogen-bond acceptors (Lipinski definition) is 3. The Morgan fingerprint density at radius 1 is 0.839 bits per heavy atom. The van der Waals surface area contributed by atoms with Gasteiger partial charge in [-0.15, -0.1) is 0 Å². The number of allylic oxidation sites excluding steroid dienone is 2. The fourth-order valence-corrected chi connectivity index (χ4v) is 3.93. The number of benzene rings is 3. The molecule has 3 aromatic carbocycles. The number of nitrogens with zero attached hydrogens (tertiary/aromatic N) is 1. The summed E-state index contributed by atoms with van der Waals surface area (Å²) in [5.74, 6) is 1.55. The normalized spacial score (nSPS) is 13.3. The molecular formula is C26H21Cl2NO2. The second kappa shape index (κ2) is 9.42. The van der Waals surface area contributed by atoms with E-state index in [0.717, 1.165) is 51.6 Å². The maximum Gasteiger partial charge on any atom is 0.130 e. The smallest absolute Gasteiger partial charge is 0.130 e. The predicted molar refractivity (Wildman–Crippen MR) is 131 cm³/mol. The van der Waals surface area contributed by atoms with Crippen molar-refractivity contribution in [1.29, 1.82) is 0 Å². The number of aliphatic imine (C=N–C) groups is 1. The fraction of sp³-hybridized carbons (Fsp3) is 0.115. The Bertz CT molecular complexity index is 1190. The van der Waals surface area contributed by atoms with Crippen molar-refractivity contribution in [2.45, 2.75) is 6.42 Å². The average Bonchev–Trinajstić information content (AvgIpc) is 3.26.